The third-order valence-corrected chi connectivity index (χ3v) is 2.76. The highest BCUT2D eigenvalue weighted by Gasteiger charge is 2.37. The van der Waals surface area contributed by atoms with Gasteiger partial charge in [-0.25, -0.2) is 0 Å². The van der Waals surface area contributed by atoms with Gasteiger partial charge in [-0.3, -0.25) is 0 Å². The molecule has 0 aliphatic heterocycles. The maximum Gasteiger partial charge on any atom is 0.415 e. The molecule has 0 saturated heterocycles. The first-order valence-electron chi connectivity index (χ1n) is 4.60. The van der Waals surface area contributed by atoms with Gasteiger partial charge in [0.25, 0.3) is 0 Å². The summed E-state index contributed by atoms with van der Waals surface area (Å²) in [6.45, 7) is -0.237. The van der Waals surface area contributed by atoms with Crippen molar-refractivity contribution in [3.8, 4) is 0 Å². The highest BCUT2D eigenvalue weighted by atomic mass is 79.9. The molecule has 0 aliphatic rings. The number of hydrogen-bond acceptors (Lipinski definition) is 2. The molecule has 0 aromatic heterocycles. The molecule has 0 amide bonds. The standard InChI is InChI=1S/C10H11BrF3NO/c11-8-4-2-1-3-7(8)5-15-6-9(16)10(12,13)14/h1-4,9,15-16H,5-6H2. The van der Waals surface area contributed by atoms with Crippen LogP contribution >= 0.6 is 15.9 Å². The molecule has 0 aliphatic carbocycles. The zero-order valence-electron chi connectivity index (χ0n) is 8.26. The topological polar surface area (TPSA) is 32.3 Å². The smallest absolute Gasteiger partial charge is 0.382 e. The zero-order chi connectivity index (χ0) is 12.2. The summed E-state index contributed by atoms with van der Waals surface area (Å²) in [5.74, 6) is 0. The van der Waals surface area contributed by atoms with Crippen molar-refractivity contribution in [3.63, 3.8) is 0 Å². The Morgan fingerprint density at radius 1 is 1.31 bits per heavy atom. The Hall–Kier alpha value is -0.590. The van der Waals surface area contributed by atoms with Gasteiger partial charge in [-0.2, -0.15) is 13.2 Å². The fraction of sp³-hybridized carbons (Fsp3) is 0.400. The van der Waals surface area contributed by atoms with Crippen LogP contribution < -0.4 is 5.32 Å². The van der Waals surface area contributed by atoms with Crippen LogP contribution in [-0.2, 0) is 6.54 Å². The van der Waals surface area contributed by atoms with E-state index in [1.165, 1.54) is 0 Å². The molecule has 1 aromatic carbocycles. The van der Waals surface area contributed by atoms with E-state index < -0.39 is 18.8 Å². The second kappa shape index (κ2) is 5.65. The fourth-order valence-corrected chi connectivity index (χ4v) is 1.53. The molecular weight excluding hydrogens is 287 g/mol. The number of rotatable bonds is 4. The Bertz CT molecular complexity index is 343. The number of aliphatic hydroxyl groups excluding tert-OH is 1. The van der Waals surface area contributed by atoms with Gasteiger partial charge in [0.15, 0.2) is 6.10 Å². The Kier molecular flexibility index (Phi) is 4.76. The summed E-state index contributed by atoms with van der Waals surface area (Å²) in [7, 11) is 0. The number of benzene rings is 1. The first-order valence-corrected chi connectivity index (χ1v) is 5.39. The predicted octanol–water partition coefficient (Wildman–Crippen LogP) is 2.46. The molecule has 90 valence electrons. The minimum atomic E-state index is -4.57. The van der Waals surface area contributed by atoms with E-state index in [0.717, 1.165) is 10.0 Å². The lowest BCUT2D eigenvalue weighted by Crippen LogP contribution is -2.38. The second-order valence-corrected chi connectivity index (χ2v) is 4.13. The molecule has 16 heavy (non-hydrogen) atoms. The highest BCUT2D eigenvalue weighted by Crippen LogP contribution is 2.20. The summed E-state index contributed by atoms with van der Waals surface area (Å²) in [6, 6.07) is 7.20. The lowest BCUT2D eigenvalue weighted by molar-refractivity contribution is -0.201. The van der Waals surface area contributed by atoms with Crippen LogP contribution in [0.4, 0.5) is 13.2 Å². The van der Waals surface area contributed by atoms with Crippen LogP contribution in [0.2, 0.25) is 0 Å². The van der Waals surface area contributed by atoms with Crippen LogP contribution in [-0.4, -0.2) is 23.9 Å². The van der Waals surface area contributed by atoms with Gasteiger partial charge in [-0.15, -0.1) is 0 Å². The van der Waals surface area contributed by atoms with E-state index in [1.807, 2.05) is 6.07 Å². The Morgan fingerprint density at radius 3 is 2.50 bits per heavy atom. The quantitative estimate of drug-likeness (QED) is 0.895. The predicted molar refractivity (Wildman–Crippen MR) is 57.9 cm³/mol. The molecule has 2 N–H and O–H groups in total. The second-order valence-electron chi connectivity index (χ2n) is 3.28. The Morgan fingerprint density at radius 2 is 1.94 bits per heavy atom. The van der Waals surface area contributed by atoms with Gasteiger partial charge in [0.1, 0.15) is 0 Å². The Labute approximate surface area is 99.6 Å². The van der Waals surface area contributed by atoms with Crippen LogP contribution in [0.15, 0.2) is 28.7 Å². The molecular formula is C10H11BrF3NO. The molecule has 0 saturated carbocycles. The highest BCUT2D eigenvalue weighted by molar-refractivity contribution is 9.10. The molecule has 0 heterocycles. The number of halogens is 4. The molecule has 0 spiro atoms. The van der Waals surface area contributed by atoms with E-state index in [-0.39, 0.29) is 6.54 Å². The van der Waals surface area contributed by atoms with Crippen LogP contribution in [0.25, 0.3) is 0 Å². The van der Waals surface area contributed by atoms with E-state index in [0.29, 0.717) is 0 Å². The summed E-state index contributed by atoms with van der Waals surface area (Å²) < 4.78 is 36.7. The van der Waals surface area contributed by atoms with Gasteiger partial charge >= 0.3 is 6.18 Å². The number of hydrogen-bond donors (Lipinski definition) is 2. The lowest BCUT2D eigenvalue weighted by atomic mass is 10.2. The van der Waals surface area contributed by atoms with Crippen molar-refractivity contribution in [3.05, 3.63) is 34.3 Å². The average molecular weight is 298 g/mol. The van der Waals surface area contributed by atoms with Crippen molar-refractivity contribution in [2.24, 2.45) is 0 Å². The van der Waals surface area contributed by atoms with Crippen molar-refractivity contribution in [2.75, 3.05) is 6.54 Å². The van der Waals surface area contributed by atoms with Gasteiger partial charge in [-0.1, -0.05) is 34.1 Å². The molecule has 0 bridgehead atoms. The summed E-state index contributed by atoms with van der Waals surface area (Å²) >= 11 is 3.28. The van der Waals surface area contributed by atoms with Gasteiger partial charge in [0, 0.05) is 17.6 Å². The third-order valence-electron chi connectivity index (χ3n) is 1.99. The van der Waals surface area contributed by atoms with Crippen LogP contribution in [0, 0.1) is 0 Å². The monoisotopic (exact) mass is 297 g/mol. The minimum absolute atomic E-state index is 0.272. The van der Waals surface area contributed by atoms with Gasteiger partial charge in [0.05, 0.1) is 0 Å². The first-order chi connectivity index (χ1) is 7.41. The van der Waals surface area contributed by atoms with E-state index in [9.17, 15) is 13.2 Å². The summed E-state index contributed by atoms with van der Waals surface area (Å²) in [6.07, 6.45) is -6.89. The molecule has 6 heteroatoms. The van der Waals surface area contributed by atoms with Crippen molar-refractivity contribution in [2.45, 2.75) is 18.8 Å². The minimum Gasteiger partial charge on any atom is -0.382 e. The van der Waals surface area contributed by atoms with E-state index >= 15 is 0 Å². The molecule has 1 rings (SSSR count). The lowest BCUT2D eigenvalue weighted by Gasteiger charge is -2.15. The van der Waals surface area contributed by atoms with Crippen LogP contribution in [0.5, 0.6) is 0 Å². The molecule has 2 nitrogen and oxygen atoms in total. The fourth-order valence-electron chi connectivity index (χ4n) is 1.10. The number of nitrogens with one attached hydrogen (secondary N) is 1. The molecule has 0 radical (unpaired) electrons. The summed E-state index contributed by atoms with van der Waals surface area (Å²) in [4.78, 5) is 0. The van der Waals surface area contributed by atoms with Crippen molar-refractivity contribution in [1.82, 2.24) is 5.32 Å². The molecule has 1 atom stereocenters. The van der Waals surface area contributed by atoms with E-state index in [4.69, 9.17) is 5.11 Å². The largest absolute Gasteiger partial charge is 0.415 e. The SMILES string of the molecule is OC(CNCc1ccccc1Br)C(F)(F)F. The summed E-state index contributed by atoms with van der Waals surface area (Å²) in [5, 5.41) is 11.3. The van der Waals surface area contributed by atoms with Gasteiger partial charge < -0.3 is 10.4 Å². The van der Waals surface area contributed by atoms with Crippen LogP contribution in [0.3, 0.4) is 0 Å². The average Bonchev–Trinajstić information content (AvgIpc) is 2.19. The van der Waals surface area contributed by atoms with Gasteiger partial charge in [-0.05, 0) is 11.6 Å². The normalized spacial score (nSPS) is 13.8. The maximum absolute atomic E-state index is 12.0. The van der Waals surface area contributed by atoms with Crippen LogP contribution in [0.1, 0.15) is 5.56 Å². The molecule has 1 aromatic rings. The first kappa shape index (κ1) is 13.5. The third kappa shape index (κ3) is 4.11. The van der Waals surface area contributed by atoms with E-state index in [1.54, 1.807) is 18.2 Å². The van der Waals surface area contributed by atoms with Crippen molar-refractivity contribution < 1.29 is 18.3 Å². The summed E-state index contributed by atoms with van der Waals surface area (Å²) in [5.41, 5.74) is 0.844. The van der Waals surface area contributed by atoms with Gasteiger partial charge in [0.2, 0.25) is 0 Å². The Balaban J connectivity index is 2.40. The molecule has 1 unspecified atom stereocenters. The number of alkyl halides is 3. The van der Waals surface area contributed by atoms with Crippen molar-refractivity contribution >= 4 is 15.9 Å². The molecule has 0 fully saturated rings. The van der Waals surface area contributed by atoms with E-state index in [2.05, 4.69) is 21.2 Å². The number of aliphatic hydroxyl groups is 1. The maximum atomic E-state index is 12.0. The zero-order valence-corrected chi connectivity index (χ0v) is 9.85. The van der Waals surface area contributed by atoms with Crippen molar-refractivity contribution in [1.29, 1.82) is 0 Å².